The molecule has 3 rings (SSSR count). The fourth-order valence-corrected chi connectivity index (χ4v) is 6.32. The van der Waals surface area contributed by atoms with E-state index in [1.807, 2.05) is 25.7 Å². The third-order valence-electron chi connectivity index (χ3n) is 7.69. The summed E-state index contributed by atoms with van der Waals surface area (Å²) in [7, 11) is 3.07. The Labute approximate surface area is 219 Å². The van der Waals surface area contributed by atoms with Gasteiger partial charge in [-0.1, -0.05) is 50.0 Å². The molecule has 0 aromatic heterocycles. The summed E-state index contributed by atoms with van der Waals surface area (Å²) in [4.78, 5) is 32.1. The average Bonchev–Trinajstić information content (AvgIpc) is 3.01. The Balaban J connectivity index is 1.80. The molecule has 0 bridgehead atoms. The Morgan fingerprint density at radius 1 is 1.06 bits per heavy atom. The summed E-state index contributed by atoms with van der Waals surface area (Å²) in [5, 5.41) is 0. The van der Waals surface area contributed by atoms with Gasteiger partial charge >= 0.3 is 12.0 Å². The van der Waals surface area contributed by atoms with Crippen molar-refractivity contribution in [3.63, 3.8) is 0 Å². The Morgan fingerprint density at radius 2 is 1.67 bits per heavy atom. The lowest BCUT2D eigenvalue weighted by atomic mass is 9.68. The Bertz CT molecular complexity index is 900. The normalized spacial score (nSPS) is 25.2. The third kappa shape index (κ3) is 6.69. The van der Waals surface area contributed by atoms with Crippen molar-refractivity contribution in [3.05, 3.63) is 35.9 Å². The number of nitrogens with zero attached hydrogens (tertiary/aromatic N) is 3. The molecule has 2 amide bonds. The molecule has 1 saturated heterocycles. The van der Waals surface area contributed by atoms with Crippen LogP contribution < -0.4 is 0 Å². The summed E-state index contributed by atoms with van der Waals surface area (Å²) >= 11 is 0. The van der Waals surface area contributed by atoms with Gasteiger partial charge in [0.2, 0.25) is 0 Å². The maximum absolute atomic E-state index is 13.6. The van der Waals surface area contributed by atoms with E-state index in [0.717, 1.165) is 31.7 Å². The Morgan fingerprint density at radius 3 is 2.19 bits per heavy atom. The maximum atomic E-state index is 13.6. The second-order valence-corrected chi connectivity index (χ2v) is 18.6. The molecule has 1 aliphatic carbocycles. The predicted molar refractivity (Wildman–Crippen MR) is 147 cm³/mol. The topological polar surface area (TPSA) is 62.3 Å². The van der Waals surface area contributed by atoms with Crippen LogP contribution in [0.25, 0.3) is 0 Å². The minimum atomic E-state index is -1.23. The SMILES string of the molecule is CN(C)[C@]1(c2ccccc2)CC[C@]2(CC1)CN(CC(=O)OC(C)(C)C)C(=O)N2COCC[Si](C)(C)C. The highest BCUT2D eigenvalue weighted by atomic mass is 28.3. The molecule has 2 fully saturated rings. The molecule has 1 spiro atoms. The molecule has 1 aliphatic heterocycles. The minimum Gasteiger partial charge on any atom is -0.459 e. The standard InChI is InChI=1S/C28H47N3O4Si/c1-26(2,3)35-24(32)20-30-21-27(31(25(30)33)22-34-18-19-36(6,7)8)14-16-28(17-15-27,29(4)5)23-12-10-9-11-13-23/h9-13H,14-22H2,1-8H3/t27-,28+. The van der Waals surface area contributed by atoms with Gasteiger partial charge in [0.05, 0.1) is 5.54 Å². The number of ether oxygens (including phenoxy) is 2. The van der Waals surface area contributed by atoms with Crippen molar-refractivity contribution in [3.8, 4) is 0 Å². The van der Waals surface area contributed by atoms with Crippen LogP contribution in [0, 0.1) is 0 Å². The van der Waals surface area contributed by atoms with Crippen molar-refractivity contribution < 1.29 is 19.1 Å². The van der Waals surface area contributed by atoms with E-state index in [1.165, 1.54) is 5.56 Å². The van der Waals surface area contributed by atoms with Crippen molar-refractivity contribution in [2.24, 2.45) is 0 Å². The van der Waals surface area contributed by atoms with Gasteiger partial charge in [-0.25, -0.2) is 4.79 Å². The van der Waals surface area contributed by atoms with Crippen LogP contribution >= 0.6 is 0 Å². The molecule has 1 heterocycles. The lowest BCUT2D eigenvalue weighted by molar-refractivity contribution is -0.155. The highest BCUT2D eigenvalue weighted by molar-refractivity contribution is 6.76. The molecule has 0 unspecified atom stereocenters. The summed E-state index contributed by atoms with van der Waals surface area (Å²) in [5.74, 6) is -0.366. The molecule has 8 heteroatoms. The van der Waals surface area contributed by atoms with Crippen LogP contribution in [-0.2, 0) is 19.8 Å². The van der Waals surface area contributed by atoms with Gasteiger partial charge in [-0.2, -0.15) is 0 Å². The van der Waals surface area contributed by atoms with Gasteiger partial charge in [0.25, 0.3) is 0 Å². The number of rotatable bonds is 9. The lowest BCUT2D eigenvalue weighted by Crippen LogP contribution is -2.55. The fraction of sp³-hybridized carbons (Fsp3) is 0.714. The van der Waals surface area contributed by atoms with E-state index in [0.29, 0.717) is 13.2 Å². The lowest BCUT2D eigenvalue weighted by Gasteiger charge is -2.50. The maximum Gasteiger partial charge on any atom is 0.326 e. The Kier molecular flexibility index (Phi) is 8.63. The number of carbonyl (C=O) groups is 2. The number of urea groups is 1. The van der Waals surface area contributed by atoms with E-state index in [2.05, 4.69) is 69.0 Å². The summed E-state index contributed by atoms with van der Waals surface area (Å²) in [5.41, 5.74) is 0.325. The van der Waals surface area contributed by atoms with Gasteiger partial charge in [-0.05, 0) is 72.2 Å². The van der Waals surface area contributed by atoms with Gasteiger partial charge in [-0.15, -0.1) is 0 Å². The molecule has 2 aliphatic rings. The van der Waals surface area contributed by atoms with Crippen LogP contribution in [0.5, 0.6) is 0 Å². The Hall–Kier alpha value is -1.90. The summed E-state index contributed by atoms with van der Waals surface area (Å²) < 4.78 is 11.6. The van der Waals surface area contributed by atoms with Crippen LogP contribution in [0.15, 0.2) is 30.3 Å². The van der Waals surface area contributed by atoms with Crippen molar-refractivity contribution in [2.45, 2.75) is 88.8 Å². The number of carbonyl (C=O) groups excluding carboxylic acids is 2. The number of benzene rings is 1. The van der Waals surface area contributed by atoms with Gasteiger partial charge in [-0.3, -0.25) is 14.6 Å². The van der Waals surface area contributed by atoms with E-state index < -0.39 is 13.7 Å². The molecule has 202 valence electrons. The van der Waals surface area contributed by atoms with Gasteiger partial charge in [0.15, 0.2) is 0 Å². The van der Waals surface area contributed by atoms with Crippen LogP contribution in [0.1, 0.15) is 52.0 Å². The smallest absolute Gasteiger partial charge is 0.326 e. The van der Waals surface area contributed by atoms with E-state index >= 15 is 0 Å². The monoisotopic (exact) mass is 517 g/mol. The van der Waals surface area contributed by atoms with E-state index in [4.69, 9.17) is 9.47 Å². The highest BCUT2D eigenvalue weighted by Crippen LogP contribution is 2.48. The molecule has 1 aromatic carbocycles. The first-order valence-electron chi connectivity index (χ1n) is 13.3. The first-order chi connectivity index (χ1) is 16.7. The molecule has 7 nitrogen and oxygen atoms in total. The van der Waals surface area contributed by atoms with Crippen molar-refractivity contribution in [1.82, 2.24) is 14.7 Å². The van der Waals surface area contributed by atoms with Gasteiger partial charge in [0, 0.05) is 26.8 Å². The first-order valence-corrected chi connectivity index (χ1v) is 17.0. The molecule has 0 N–H and O–H groups in total. The van der Waals surface area contributed by atoms with Gasteiger partial charge in [0.1, 0.15) is 18.9 Å². The molecule has 0 radical (unpaired) electrons. The summed E-state index contributed by atoms with van der Waals surface area (Å²) in [6, 6.07) is 11.6. The second-order valence-electron chi connectivity index (χ2n) is 13.0. The van der Waals surface area contributed by atoms with Crippen LogP contribution in [0.2, 0.25) is 25.7 Å². The van der Waals surface area contributed by atoms with E-state index in [1.54, 1.807) is 4.90 Å². The van der Waals surface area contributed by atoms with Gasteiger partial charge < -0.3 is 14.4 Å². The molecular weight excluding hydrogens is 470 g/mol. The zero-order valence-corrected chi connectivity index (χ0v) is 24.7. The van der Waals surface area contributed by atoms with E-state index in [9.17, 15) is 9.59 Å². The van der Waals surface area contributed by atoms with E-state index in [-0.39, 0.29) is 36.4 Å². The van der Waals surface area contributed by atoms with Crippen LogP contribution in [-0.4, -0.2) is 86.4 Å². The third-order valence-corrected chi connectivity index (χ3v) is 9.40. The predicted octanol–water partition coefficient (Wildman–Crippen LogP) is 5.15. The first kappa shape index (κ1) is 28.7. The molecule has 0 atom stereocenters. The van der Waals surface area contributed by atoms with Crippen LogP contribution in [0.3, 0.4) is 0 Å². The zero-order valence-electron chi connectivity index (χ0n) is 23.7. The average molecular weight is 518 g/mol. The number of esters is 1. The number of hydrogen-bond acceptors (Lipinski definition) is 5. The van der Waals surface area contributed by atoms with Crippen molar-refractivity contribution in [1.29, 1.82) is 0 Å². The highest BCUT2D eigenvalue weighted by Gasteiger charge is 2.55. The summed E-state index contributed by atoms with van der Waals surface area (Å²) in [6.07, 6.45) is 3.58. The molecular formula is C28H47N3O4Si. The molecule has 1 aromatic rings. The number of hydrogen-bond donors (Lipinski definition) is 0. The fourth-order valence-electron chi connectivity index (χ4n) is 5.56. The zero-order chi connectivity index (χ0) is 26.8. The minimum absolute atomic E-state index is 0.0270. The van der Waals surface area contributed by atoms with Crippen molar-refractivity contribution in [2.75, 3.05) is 40.5 Å². The molecule has 1 saturated carbocycles. The summed E-state index contributed by atoms with van der Waals surface area (Å²) in [6.45, 7) is 14.0. The van der Waals surface area contributed by atoms with Crippen LogP contribution in [0.4, 0.5) is 4.79 Å². The largest absolute Gasteiger partial charge is 0.459 e. The quantitative estimate of drug-likeness (QED) is 0.258. The second kappa shape index (κ2) is 10.8. The molecule has 36 heavy (non-hydrogen) atoms. The van der Waals surface area contributed by atoms with Crippen molar-refractivity contribution >= 4 is 20.1 Å². The number of amides is 2.